The van der Waals surface area contributed by atoms with Gasteiger partial charge < -0.3 is 10.6 Å². The van der Waals surface area contributed by atoms with Gasteiger partial charge >= 0.3 is 0 Å². The molecule has 2 rings (SSSR count). The molecule has 0 aliphatic rings. The summed E-state index contributed by atoms with van der Waals surface area (Å²) in [5, 5.41) is 6.21. The average Bonchev–Trinajstić information content (AvgIpc) is 2.41. The smallest absolute Gasteiger partial charge is 0.139 e. The highest BCUT2D eigenvalue weighted by Crippen LogP contribution is 2.25. The lowest BCUT2D eigenvalue weighted by Crippen LogP contribution is -2.08. The number of aromatic nitrogens is 2. The molecule has 0 fully saturated rings. The molecular formula is C15H19FN4. The summed E-state index contributed by atoms with van der Waals surface area (Å²) in [6.45, 7) is 6.00. The lowest BCUT2D eigenvalue weighted by Gasteiger charge is -2.15. The van der Waals surface area contributed by atoms with Crippen molar-refractivity contribution in [2.75, 3.05) is 17.7 Å². The molecule has 1 aromatic heterocycles. The first-order valence-electron chi connectivity index (χ1n) is 6.60. The van der Waals surface area contributed by atoms with E-state index < -0.39 is 0 Å². The normalized spacial score (nSPS) is 10.7. The van der Waals surface area contributed by atoms with Gasteiger partial charge in [-0.25, -0.2) is 14.4 Å². The zero-order valence-corrected chi connectivity index (χ0v) is 12.2. The van der Waals surface area contributed by atoms with Gasteiger partial charge in [-0.3, -0.25) is 0 Å². The van der Waals surface area contributed by atoms with Gasteiger partial charge in [-0.1, -0.05) is 19.9 Å². The van der Waals surface area contributed by atoms with Crippen LogP contribution in [0, 0.1) is 12.7 Å². The topological polar surface area (TPSA) is 49.8 Å². The molecule has 0 spiro atoms. The van der Waals surface area contributed by atoms with Crippen LogP contribution in [0.2, 0.25) is 0 Å². The molecule has 0 aliphatic carbocycles. The van der Waals surface area contributed by atoms with E-state index in [4.69, 9.17) is 0 Å². The molecular weight excluding hydrogens is 255 g/mol. The number of nitrogens with zero attached hydrogens (tertiary/aromatic N) is 2. The highest BCUT2D eigenvalue weighted by Gasteiger charge is 2.12. The second-order valence-corrected chi connectivity index (χ2v) is 4.94. The molecule has 0 saturated heterocycles. The first kappa shape index (κ1) is 14.2. The number of hydrogen-bond acceptors (Lipinski definition) is 4. The van der Waals surface area contributed by atoms with Crippen molar-refractivity contribution in [3.63, 3.8) is 0 Å². The number of anilines is 3. The van der Waals surface area contributed by atoms with Crippen LogP contribution in [0.25, 0.3) is 0 Å². The van der Waals surface area contributed by atoms with Crippen molar-refractivity contribution in [2.24, 2.45) is 0 Å². The van der Waals surface area contributed by atoms with Crippen LogP contribution in [0.3, 0.4) is 0 Å². The zero-order valence-electron chi connectivity index (χ0n) is 12.2. The SMILES string of the molecule is CNc1nc(C(C)C)nc(Nc2cccc(F)c2)c1C. The van der Waals surface area contributed by atoms with Gasteiger partial charge in [0.2, 0.25) is 0 Å². The van der Waals surface area contributed by atoms with Gasteiger partial charge in [-0.05, 0) is 25.1 Å². The Morgan fingerprint density at radius 3 is 2.45 bits per heavy atom. The van der Waals surface area contributed by atoms with Gasteiger partial charge in [0.25, 0.3) is 0 Å². The van der Waals surface area contributed by atoms with Crippen molar-refractivity contribution >= 4 is 17.3 Å². The molecule has 106 valence electrons. The molecule has 0 radical (unpaired) electrons. The first-order valence-corrected chi connectivity index (χ1v) is 6.60. The van der Waals surface area contributed by atoms with Crippen LogP contribution in [-0.2, 0) is 0 Å². The van der Waals surface area contributed by atoms with Gasteiger partial charge in [0.1, 0.15) is 23.3 Å². The molecule has 2 N–H and O–H groups in total. The van der Waals surface area contributed by atoms with Gasteiger partial charge in [-0.15, -0.1) is 0 Å². The van der Waals surface area contributed by atoms with Gasteiger partial charge in [0, 0.05) is 24.2 Å². The highest BCUT2D eigenvalue weighted by atomic mass is 19.1. The molecule has 4 nitrogen and oxygen atoms in total. The van der Waals surface area contributed by atoms with E-state index in [0.29, 0.717) is 11.5 Å². The van der Waals surface area contributed by atoms with E-state index in [9.17, 15) is 4.39 Å². The Bertz CT molecular complexity index is 611. The van der Waals surface area contributed by atoms with Gasteiger partial charge in [0.05, 0.1) is 0 Å². The van der Waals surface area contributed by atoms with Crippen molar-refractivity contribution in [3.8, 4) is 0 Å². The maximum absolute atomic E-state index is 13.2. The van der Waals surface area contributed by atoms with Crippen molar-refractivity contribution in [3.05, 3.63) is 41.5 Å². The summed E-state index contributed by atoms with van der Waals surface area (Å²) in [7, 11) is 1.82. The minimum atomic E-state index is -0.278. The van der Waals surface area contributed by atoms with E-state index >= 15 is 0 Å². The fraction of sp³-hybridized carbons (Fsp3) is 0.333. The van der Waals surface area contributed by atoms with Crippen LogP contribution in [0.15, 0.2) is 24.3 Å². The zero-order chi connectivity index (χ0) is 14.7. The van der Waals surface area contributed by atoms with Crippen molar-refractivity contribution < 1.29 is 4.39 Å². The van der Waals surface area contributed by atoms with Crippen LogP contribution >= 0.6 is 0 Å². The van der Waals surface area contributed by atoms with Crippen LogP contribution in [0.4, 0.5) is 21.7 Å². The molecule has 0 atom stereocenters. The Hall–Kier alpha value is -2.17. The quantitative estimate of drug-likeness (QED) is 0.889. The molecule has 20 heavy (non-hydrogen) atoms. The van der Waals surface area contributed by atoms with Crippen molar-refractivity contribution in [1.29, 1.82) is 0 Å². The Morgan fingerprint density at radius 2 is 1.85 bits per heavy atom. The molecule has 1 heterocycles. The number of hydrogen-bond donors (Lipinski definition) is 2. The Labute approximate surface area is 118 Å². The summed E-state index contributed by atoms with van der Waals surface area (Å²) < 4.78 is 13.2. The van der Waals surface area contributed by atoms with Crippen LogP contribution in [0.1, 0.15) is 31.2 Å². The van der Waals surface area contributed by atoms with E-state index in [1.807, 2.05) is 27.8 Å². The van der Waals surface area contributed by atoms with Gasteiger partial charge in [-0.2, -0.15) is 0 Å². The van der Waals surface area contributed by atoms with Crippen molar-refractivity contribution in [1.82, 2.24) is 9.97 Å². The van der Waals surface area contributed by atoms with Crippen LogP contribution in [0.5, 0.6) is 0 Å². The predicted octanol–water partition coefficient (Wildman–Crippen LogP) is 3.83. The Balaban J connectivity index is 2.42. The second kappa shape index (κ2) is 5.86. The number of nitrogens with one attached hydrogen (secondary N) is 2. The fourth-order valence-electron chi connectivity index (χ4n) is 1.86. The van der Waals surface area contributed by atoms with E-state index in [2.05, 4.69) is 20.6 Å². The summed E-state index contributed by atoms with van der Waals surface area (Å²) in [5.41, 5.74) is 1.57. The van der Waals surface area contributed by atoms with Crippen molar-refractivity contribution in [2.45, 2.75) is 26.7 Å². The number of benzene rings is 1. The molecule has 0 aliphatic heterocycles. The summed E-state index contributed by atoms with van der Waals surface area (Å²) in [4.78, 5) is 8.99. The third kappa shape index (κ3) is 3.04. The maximum Gasteiger partial charge on any atom is 0.139 e. The van der Waals surface area contributed by atoms with E-state index in [0.717, 1.165) is 17.2 Å². The molecule has 0 unspecified atom stereocenters. The molecule has 2 aromatic rings. The summed E-state index contributed by atoms with van der Waals surface area (Å²) in [6, 6.07) is 6.32. The highest BCUT2D eigenvalue weighted by molar-refractivity contribution is 5.64. The predicted molar refractivity (Wildman–Crippen MR) is 80.1 cm³/mol. The van der Waals surface area contributed by atoms with E-state index in [1.165, 1.54) is 12.1 Å². The lowest BCUT2D eigenvalue weighted by molar-refractivity contribution is 0.628. The van der Waals surface area contributed by atoms with E-state index in [1.54, 1.807) is 12.1 Å². The molecule has 5 heteroatoms. The lowest BCUT2D eigenvalue weighted by atomic mass is 10.2. The third-order valence-corrected chi connectivity index (χ3v) is 3.00. The number of halogens is 1. The molecule has 1 aromatic carbocycles. The summed E-state index contributed by atoms with van der Waals surface area (Å²) >= 11 is 0. The molecule has 0 bridgehead atoms. The monoisotopic (exact) mass is 274 g/mol. The second-order valence-electron chi connectivity index (χ2n) is 4.94. The summed E-state index contributed by atoms with van der Waals surface area (Å²) in [6.07, 6.45) is 0. The summed E-state index contributed by atoms with van der Waals surface area (Å²) in [5.74, 6) is 2.16. The van der Waals surface area contributed by atoms with E-state index in [-0.39, 0.29) is 11.7 Å². The van der Waals surface area contributed by atoms with Crippen LogP contribution < -0.4 is 10.6 Å². The third-order valence-electron chi connectivity index (χ3n) is 3.00. The minimum Gasteiger partial charge on any atom is -0.373 e. The van der Waals surface area contributed by atoms with Gasteiger partial charge in [0.15, 0.2) is 0 Å². The fourth-order valence-corrected chi connectivity index (χ4v) is 1.86. The van der Waals surface area contributed by atoms with Crippen LogP contribution in [-0.4, -0.2) is 17.0 Å². The maximum atomic E-state index is 13.2. The Morgan fingerprint density at radius 1 is 1.15 bits per heavy atom. The average molecular weight is 274 g/mol. The standard InChI is InChI=1S/C15H19FN4/c1-9(2)13-19-14(17-4)10(3)15(20-13)18-12-7-5-6-11(16)8-12/h5-9H,1-4H3,(H2,17,18,19,20). The number of rotatable bonds is 4. The largest absolute Gasteiger partial charge is 0.373 e. The minimum absolute atomic E-state index is 0.218. The molecule has 0 amide bonds. The molecule has 0 saturated carbocycles. The first-order chi connectivity index (χ1) is 9.51. The Kier molecular flexibility index (Phi) is 4.17.